The number of anilines is 1. The highest BCUT2D eigenvalue weighted by molar-refractivity contribution is 7.80. The van der Waals surface area contributed by atoms with Crippen LogP contribution in [-0.4, -0.2) is 31.6 Å². The van der Waals surface area contributed by atoms with Gasteiger partial charge in [0.15, 0.2) is 0 Å². The summed E-state index contributed by atoms with van der Waals surface area (Å²) in [6.07, 6.45) is 0. The average Bonchev–Trinajstić information content (AvgIpc) is 2.27. The van der Waals surface area contributed by atoms with Crippen molar-refractivity contribution >= 4 is 28.8 Å². The maximum atomic E-state index is 10.9. The lowest BCUT2D eigenvalue weighted by molar-refractivity contribution is -0.116. The smallest absolute Gasteiger partial charge is 0.236 e. The summed E-state index contributed by atoms with van der Waals surface area (Å²) in [5, 5.41) is 0. The van der Waals surface area contributed by atoms with Gasteiger partial charge in [-0.1, -0.05) is 12.2 Å². The number of methoxy groups -OCH3 is 1. The monoisotopic (exact) mass is 253 g/mol. The van der Waals surface area contributed by atoms with Gasteiger partial charge in [0.2, 0.25) is 5.91 Å². The Morgan fingerprint density at radius 3 is 2.59 bits per heavy atom. The van der Waals surface area contributed by atoms with E-state index in [0.29, 0.717) is 11.3 Å². The second-order valence-corrected chi connectivity index (χ2v) is 4.01. The largest absolute Gasteiger partial charge is 0.497 e. The first-order chi connectivity index (χ1) is 7.95. The molecule has 1 aromatic carbocycles. The number of benzene rings is 1. The zero-order valence-electron chi connectivity index (χ0n) is 9.77. The van der Waals surface area contributed by atoms with Crippen molar-refractivity contribution in [3.05, 3.63) is 23.8 Å². The molecule has 1 aromatic rings. The predicted octanol–water partition coefficient (Wildman–Crippen LogP) is 0.251. The quantitative estimate of drug-likeness (QED) is 0.735. The van der Waals surface area contributed by atoms with E-state index >= 15 is 0 Å². The SMILES string of the molecule is COc1ccc(C(N)=S)c(N(C)CC(N)=O)c1. The number of hydrogen-bond donors (Lipinski definition) is 2. The van der Waals surface area contributed by atoms with Crippen molar-refractivity contribution in [2.45, 2.75) is 0 Å². The number of primary amides is 1. The van der Waals surface area contributed by atoms with Gasteiger partial charge in [0, 0.05) is 18.7 Å². The second kappa shape index (κ2) is 5.49. The summed E-state index contributed by atoms with van der Waals surface area (Å²) in [6.45, 7) is 0.0861. The third kappa shape index (κ3) is 3.32. The van der Waals surface area contributed by atoms with Crippen LogP contribution in [0.3, 0.4) is 0 Å². The van der Waals surface area contributed by atoms with Gasteiger partial charge in [0.25, 0.3) is 0 Å². The molecule has 0 atom stereocenters. The minimum absolute atomic E-state index is 0.0861. The maximum absolute atomic E-state index is 10.9. The fourth-order valence-corrected chi connectivity index (χ4v) is 1.65. The number of nitrogens with zero attached hydrogens (tertiary/aromatic N) is 1. The Balaban J connectivity index is 3.16. The molecule has 17 heavy (non-hydrogen) atoms. The van der Waals surface area contributed by atoms with Gasteiger partial charge in [-0.2, -0.15) is 0 Å². The summed E-state index contributed by atoms with van der Waals surface area (Å²) < 4.78 is 5.12. The molecule has 0 saturated carbocycles. The van der Waals surface area contributed by atoms with Gasteiger partial charge in [-0.25, -0.2) is 0 Å². The topological polar surface area (TPSA) is 81.6 Å². The van der Waals surface area contributed by atoms with Crippen molar-refractivity contribution in [3.63, 3.8) is 0 Å². The molecule has 0 saturated heterocycles. The van der Waals surface area contributed by atoms with Crippen molar-refractivity contribution < 1.29 is 9.53 Å². The lowest BCUT2D eigenvalue weighted by atomic mass is 10.1. The number of ether oxygens (including phenoxy) is 1. The highest BCUT2D eigenvalue weighted by atomic mass is 32.1. The normalized spacial score (nSPS) is 9.76. The fourth-order valence-electron chi connectivity index (χ4n) is 1.48. The number of nitrogens with two attached hydrogens (primary N) is 2. The zero-order valence-corrected chi connectivity index (χ0v) is 10.6. The van der Waals surface area contributed by atoms with E-state index in [2.05, 4.69) is 0 Å². The van der Waals surface area contributed by atoms with Crippen LogP contribution in [0.25, 0.3) is 0 Å². The van der Waals surface area contributed by atoms with Gasteiger partial charge < -0.3 is 21.1 Å². The summed E-state index contributed by atoms with van der Waals surface area (Å²) in [5.41, 5.74) is 12.2. The highest BCUT2D eigenvalue weighted by Gasteiger charge is 2.12. The fraction of sp³-hybridized carbons (Fsp3) is 0.273. The van der Waals surface area contributed by atoms with Crippen LogP contribution in [0.15, 0.2) is 18.2 Å². The molecular formula is C11H15N3O2S. The molecule has 0 aliphatic carbocycles. The second-order valence-electron chi connectivity index (χ2n) is 3.57. The molecule has 5 nitrogen and oxygen atoms in total. The van der Waals surface area contributed by atoms with Crippen LogP contribution < -0.4 is 21.1 Å². The minimum Gasteiger partial charge on any atom is -0.497 e. The molecule has 0 bridgehead atoms. The van der Waals surface area contributed by atoms with E-state index < -0.39 is 5.91 Å². The van der Waals surface area contributed by atoms with Crippen LogP contribution in [0.4, 0.5) is 5.69 Å². The summed E-state index contributed by atoms with van der Waals surface area (Å²) in [4.78, 5) is 12.8. The lowest BCUT2D eigenvalue weighted by Crippen LogP contribution is -2.32. The Hall–Kier alpha value is -1.82. The zero-order chi connectivity index (χ0) is 13.0. The van der Waals surface area contributed by atoms with E-state index in [1.165, 1.54) is 0 Å². The van der Waals surface area contributed by atoms with E-state index in [1.54, 1.807) is 37.3 Å². The van der Waals surface area contributed by atoms with Gasteiger partial charge in [0.05, 0.1) is 19.3 Å². The molecule has 0 unspecified atom stereocenters. The van der Waals surface area contributed by atoms with E-state index in [0.717, 1.165) is 5.69 Å². The van der Waals surface area contributed by atoms with Crippen molar-refractivity contribution in [1.82, 2.24) is 0 Å². The van der Waals surface area contributed by atoms with Gasteiger partial charge in [-0.05, 0) is 12.1 Å². The van der Waals surface area contributed by atoms with Gasteiger partial charge >= 0.3 is 0 Å². The molecular weight excluding hydrogens is 238 g/mol. The molecule has 0 aliphatic heterocycles. The minimum atomic E-state index is -0.427. The van der Waals surface area contributed by atoms with Crippen molar-refractivity contribution in [2.24, 2.45) is 11.5 Å². The van der Waals surface area contributed by atoms with Gasteiger partial charge in [-0.15, -0.1) is 0 Å². The number of carbonyl (C=O) groups excluding carboxylic acids is 1. The van der Waals surface area contributed by atoms with Crippen LogP contribution in [0, 0.1) is 0 Å². The maximum Gasteiger partial charge on any atom is 0.236 e. The number of thiocarbonyl (C=S) groups is 1. The standard InChI is InChI=1S/C11H15N3O2S/c1-14(6-10(12)15)9-5-7(16-2)3-4-8(9)11(13)17/h3-5H,6H2,1-2H3,(H2,12,15)(H2,13,17). The Labute approximate surface area is 105 Å². The highest BCUT2D eigenvalue weighted by Crippen LogP contribution is 2.25. The Morgan fingerprint density at radius 1 is 1.47 bits per heavy atom. The van der Waals surface area contributed by atoms with Crippen LogP contribution in [-0.2, 0) is 4.79 Å². The van der Waals surface area contributed by atoms with Crippen molar-refractivity contribution in [1.29, 1.82) is 0 Å². The number of likely N-dealkylation sites (N-methyl/N-ethyl adjacent to an activating group) is 1. The number of amides is 1. The first kappa shape index (κ1) is 13.2. The predicted molar refractivity (Wildman–Crippen MR) is 71.3 cm³/mol. The van der Waals surface area contributed by atoms with Crippen molar-refractivity contribution in [3.8, 4) is 5.75 Å². The molecule has 6 heteroatoms. The first-order valence-electron chi connectivity index (χ1n) is 4.93. The van der Waals surface area contributed by atoms with E-state index in [4.69, 9.17) is 28.4 Å². The third-order valence-corrected chi connectivity index (χ3v) is 2.49. The Bertz CT molecular complexity index is 448. The number of carbonyl (C=O) groups is 1. The average molecular weight is 253 g/mol. The lowest BCUT2D eigenvalue weighted by Gasteiger charge is -2.21. The molecule has 0 spiro atoms. The molecule has 4 N–H and O–H groups in total. The van der Waals surface area contributed by atoms with Crippen molar-refractivity contribution in [2.75, 3.05) is 25.6 Å². The molecule has 1 amide bonds. The Kier molecular flexibility index (Phi) is 4.28. The van der Waals surface area contributed by atoms with Gasteiger partial charge in [0.1, 0.15) is 10.7 Å². The van der Waals surface area contributed by atoms with Crippen LogP contribution in [0.5, 0.6) is 5.75 Å². The van der Waals surface area contributed by atoms with E-state index in [9.17, 15) is 4.79 Å². The van der Waals surface area contributed by atoms with E-state index in [-0.39, 0.29) is 11.5 Å². The third-order valence-electron chi connectivity index (χ3n) is 2.27. The summed E-state index contributed by atoms with van der Waals surface area (Å²) in [6, 6.07) is 5.28. The molecule has 0 radical (unpaired) electrons. The summed E-state index contributed by atoms with van der Waals surface area (Å²) in [7, 11) is 3.30. The van der Waals surface area contributed by atoms with Crippen LogP contribution in [0.1, 0.15) is 5.56 Å². The molecule has 0 aromatic heterocycles. The molecule has 0 heterocycles. The molecule has 0 aliphatic rings. The first-order valence-corrected chi connectivity index (χ1v) is 5.33. The molecule has 0 fully saturated rings. The molecule has 1 rings (SSSR count). The van der Waals surface area contributed by atoms with Gasteiger partial charge in [-0.3, -0.25) is 4.79 Å². The van der Waals surface area contributed by atoms with Crippen LogP contribution in [0.2, 0.25) is 0 Å². The number of hydrogen-bond acceptors (Lipinski definition) is 4. The summed E-state index contributed by atoms with van der Waals surface area (Å²) in [5.74, 6) is 0.237. The van der Waals surface area contributed by atoms with E-state index in [1.807, 2.05) is 0 Å². The number of rotatable bonds is 5. The Morgan fingerprint density at radius 2 is 2.12 bits per heavy atom. The summed E-state index contributed by atoms with van der Waals surface area (Å²) >= 11 is 4.96. The van der Waals surface area contributed by atoms with Crippen LogP contribution >= 0.6 is 12.2 Å². The molecule has 92 valence electrons.